The van der Waals surface area contributed by atoms with Gasteiger partial charge in [-0.3, -0.25) is 14.5 Å². The Bertz CT molecular complexity index is 1420. The maximum absolute atomic E-state index is 12.6. The Morgan fingerprint density at radius 2 is 1.58 bits per heavy atom. The fourth-order valence-corrected chi connectivity index (χ4v) is 4.22. The number of pyridine rings is 1. The molecule has 5 rings (SSSR count). The number of nitrogens with zero attached hydrogens (tertiary/aromatic N) is 2. The van der Waals surface area contributed by atoms with Crippen molar-refractivity contribution in [3.63, 3.8) is 0 Å². The molecular formula is C30H26N2O4. The summed E-state index contributed by atoms with van der Waals surface area (Å²) in [6.07, 6.45) is 0. The summed E-state index contributed by atoms with van der Waals surface area (Å²) < 4.78 is 10.7. The van der Waals surface area contributed by atoms with Crippen molar-refractivity contribution in [2.45, 2.75) is 13.8 Å². The van der Waals surface area contributed by atoms with Crippen molar-refractivity contribution < 1.29 is 19.1 Å². The summed E-state index contributed by atoms with van der Waals surface area (Å²) in [6.45, 7) is 3.76. The molecule has 4 aromatic rings. The van der Waals surface area contributed by atoms with E-state index in [4.69, 9.17) is 14.5 Å². The average molecular weight is 479 g/mol. The third-order valence-corrected chi connectivity index (χ3v) is 6.07. The lowest BCUT2D eigenvalue weighted by Crippen LogP contribution is -2.42. The Morgan fingerprint density at radius 3 is 2.31 bits per heavy atom. The Balaban J connectivity index is 1.61. The number of esters is 1. The second kappa shape index (κ2) is 10.0. The first kappa shape index (κ1) is 23.3. The van der Waals surface area contributed by atoms with Crippen LogP contribution in [0.3, 0.4) is 0 Å². The quantitative estimate of drug-likeness (QED) is 0.334. The molecule has 2 heterocycles. The molecule has 6 nitrogen and oxygen atoms in total. The SMILES string of the molecule is CCOC(=O)CN1C(=O)COc2ccc(-c3cc(-c4ccccc4)cc(-c4ccc(C)cc4)n3)cc21. The molecule has 0 N–H and O–H groups in total. The number of benzene rings is 3. The molecule has 0 fully saturated rings. The lowest BCUT2D eigenvalue weighted by atomic mass is 9.99. The second-order valence-electron chi connectivity index (χ2n) is 8.61. The van der Waals surface area contributed by atoms with E-state index in [1.807, 2.05) is 42.5 Å². The van der Waals surface area contributed by atoms with E-state index < -0.39 is 5.97 Å². The van der Waals surface area contributed by atoms with Crippen molar-refractivity contribution in [3.05, 3.63) is 90.5 Å². The molecule has 36 heavy (non-hydrogen) atoms. The van der Waals surface area contributed by atoms with Gasteiger partial charge in [-0.2, -0.15) is 0 Å². The van der Waals surface area contributed by atoms with Crippen LogP contribution in [-0.4, -0.2) is 36.6 Å². The zero-order valence-electron chi connectivity index (χ0n) is 20.2. The van der Waals surface area contributed by atoms with E-state index in [0.717, 1.165) is 33.6 Å². The molecule has 0 unspecified atom stereocenters. The first-order chi connectivity index (χ1) is 17.5. The van der Waals surface area contributed by atoms with Gasteiger partial charge in [0.05, 0.1) is 23.7 Å². The lowest BCUT2D eigenvalue weighted by Gasteiger charge is -2.29. The van der Waals surface area contributed by atoms with Crippen molar-refractivity contribution in [3.8, 4) is 39.4 Å². The smallest absolute Gasteiger partial charge is 0.326 e. The normalized spacial score (nSPS) is 12.6. The summed E-state index contributed by atoms with van der Waals surface area (Å²) in [5.74, 6) is -0.213. The molecule has 6 heteroatoms. The van der Waals surface area contributed by atoms with Crippen molar-refractivity contribution >= 4 is 17.6 Å². The highest BCUT2D eigenvalue weighted by molar-refractivity contribution is 6.02. The molecule has 0 aliphatic carbocycles. The largest absolute Gasteiger partial charge is 0.482 e. The van der Waals surface area contributed by atoms with Gasteiger partial charge >= 0.3 is 5.97 Å². The average Bonchev–Trinajstić information content (AvgIpc) is 2.91. The molecule has 0 atom stereocenters. The van der Waals surface area contributed by atoms with Crippen molar-refractivity contribution in [2.75, 3.05) is 24.7 Å². The standard InChI is InChI=1S/C30H26N2O4/c1-3-35-30(34)18-32-27-17-23(13-14-28(27)36-19-29(32)33)26-16-24(21-7-5-4-6-8-21)15-25(31-26)22-11-9-20(2)10-12-22/h4-17H,3,18-19H2,1-2H3. The number of ether oxygens (including phenoxy) is 2. The summed E-state index contributed by atoms with van der Waals surface area (Å²) in [4.78, 5) is 31.2. The van der Waals surface area contributed by atoms with Crippen LogP contribution in [0, 0.1) is 6.92 Å². The fraction of sp³-hybridized carbons (Fsp3) is 0.167. The van der Waals surface area contributed by atoms with Gasteiger partial charge in [-0.1, -0.05) is 60.2 Å². The molecule has 1 aliphatic heterocycles. The number of hydrogen-bond donors (Lipinski definition) is 0. The van der Waals surface area contributed by atoms with Gasteiger partial charge in [-0.15, -0.1) is 0 Å². The van der Waals surface area contributed by atoms with E-state index in [1.54, 1.807) is 6.92 Å². The third kappa shape index (κ3) is 4.84. The summed E-state index contributed by atoms with van der Waals surface area (Å²) in [5.41, 5.74) is 7.25. The monoisotopic (exact) mass is 478 g/mol. The zero-order valence-corrected chi connectivity index (χ0v) is 20.2. The summed E-state index contributed by atoms with van der Waals surface area (Å²) in [7, 11) is 0. The second-order valence-corrected chi connectivity index (χ2v) is 8.61. The molecular weight excluding hydrogens is 452 g/mol. The Labute approximate surface area is 210 Å². The molecule has 0 radical (unpaired) electrons. The van der Waals surface area contributed by atoms with Gasteiger partial charge in [-0.25, -0.2) is 4.98 Å². The van der Waals surface area contributed by atoms with Crippen LogP contribution in [0.15, 0.2) is 84.9 Å². The van der Waals surface area contributed by atoms with E-state index in [-0.39, 0.29) is 25.7 Å². The van der Waals surface area contributed by atoms with Crippen molar-refractivity contribution in [2.24, 2.45) is 0 Å². The summed E-state index contributed by atoms with van der Waals surface area (Å²) in [5, 5.41) is 0. The first-order valence-corrected chi connectivity index (χ1v) is 11.9. The number of carbonyl (C=O) groups excluding carboxylic acids is 2. The predicted octanol–water partition coefficient (Wildman–Crippen LogP) is 5.68. The molecule has 0 bridgehead atoms. The molecule has 180 valence electrons. The highest BCUT2D eigenvalue weighted by Crippen LogP contribution is 2.37. The van der Waals surface area contributed by atoms with Crippen LogP contribution in [-0.2, 0) is 14.3 Å². The molecule has 1 amide bonds. The van der Waals surface area contributed by atoms with Crippen molar-refractivity contribution in [1.82, 2.24) is 4.98 Å². The van der Waals surface area contributed by atoms with Gasteiger partial charge in [0.15, 0.2) is 6.61 Å². The van der Waals surface area contributed by atoms with Gasteiger partial charge < -0.3 is 9.47 Å². The van der Waals surface area contributed by atoms with Crippen molar-refractivity contribution in [1.29, 1.82) is 0 Å². The number of aromatic nitrogens is 1. The van der Waals surface area contributed by atoms with E-state index >= 15 is 0 Å². The summed E-state index contributed by atoms with van der Waals surface area (Å²) in [6, 6.07) is 28.1. The number of rotatable bonds is 6. The summed E-state index contributed by atoms with van der Waals surface area (Å²) >= 11 is 0. The van der Waals surface area contributed by atoms with Crippen LogP contribution in [0.5, 0.6) is 5.75 Å². The van der Waals surface area contributed by atoms with Crippen LogP contribution in [0.1, 0.15) is 12.5 Å². The van der Waals surface area contributed by atoms with Gasteiger partial charge in [0.25, 0.3) is 5.91 Å². The number of amides is 1. The molecule has 0 saturated carbocycles. The van der Waals surface area contributed by atoms with Crippen LogP contribution < -0.4 is 9.64 Å². The van der Waals surface area contributed by atoms with E-state index in [0.29, 0.717) is 11.4 Å². The number of fused-ring (bicyclic) bond motifs is 1. The molecule has 3 aromatic carbocycles. The molecule has 0 spiro atoms. The Hall–Kier alpha value is -4.45. The van der Waals surface area contributed by atoms with E-state index in [2.05, 4.69) is 49.4 Å². The van der Waals surface area contributed by atoms with Gasteiger partial charge in [0, 0.05) is 11.1 Å². The van der Waals surface area contributed by atoms with Crippen LogP contribution in [0.25, 0.3) is 33.6 Å². The van der Waals surface area contributed by atoms with Gasteiger partial charge in [-0.05, 0) is 55.3 Å². The van der Waals surface area contributed by atoms with Gasteiger partial charge in [0.1, 0.15) is 12.3 Å². The van der Waals surface area contributed by atoms with Crippen LogP contribution >= 0.6 is 0 Å². The van der Waals surface area contributed by atoms with E-state index in [9.17, 15) is 9.59 Å². The van der Waals surface area contributed by atoms with Gasteiger partial charge in [0.2, 0.25) is 0 Å². The number of hydrogen-bond acceptors (Lipinski definition) is 5. The topological polar surface area (TPSA) is 68.7 Å². The minimum Gasteiger partial charge on any atom is -0.482 e. The molecule has 0 saturated heterocycles. The van der Waals surface area contributed by atoms with Crippen LogP contribution in [0.4, 0.5) is 5.69 Å². The Kier molecular flexibility index (Phi) is 6.50. The first-order valence-electron chi connectivity index (χ1n) is 11.9. The lowest BCUT2D eigenvalue weighted by molar-refractivity contribution is -0.142. The highest BCUT2D eigenvalue weighted by Gasteiger charge is 2.28. The minimum absolute atomic E-state index is 0.120. The third-order valence-electron chi connectivity index (χ3n) is 6.07. The van der Waals surface area contributed by atoms with Crippen LogP contribution in [0.2, 0.25) is 0 Å². The predicted molar refractivity (Wildman–Crippen MR) is 140 cm³/mol. The fourth-order valence-electron chi connectivity index (χ4n) is 4.22. The number of anilines is 1. The zero-order chi connectivity index (χ0) is 25.1. The Morgan fingerprint density at radius 1 is 0.889 bits per heavy atom. The number of aryl methyl sites for hydroxylation is 1. The maximum atomic E-state index is 12.6. The maximum Gasteiger partial charge on any atom is 0.326 e. The highest BCUT2D eigenvalue weighted by atomic mass is 16.5. The molecule has 1 aliphatic rings. The minimum atomic E-state index is -0.463. The molecule has 1 aromatic heterocycles. The number of carbonyl (C=O) groups is 2. The van der Waals surface area contributed by atoms with E-state index in [1.165, 1.54) is 10.5 Å².